The number of benzene rings is 2. The van der Waals surface area contributed by atoms with Crippen molar-refractivity contribution >= 4 is 11.5 Å². The van der Waals surface area contributed by atoms with Crippen LogP contribution in [0.1, 0.15) is 11.1 Å². The Bertz CT molecular complexity index is 667. The van der Waals surface area contributed by atoms with E-state index < -0.39 is 0 Å². The molecule has 0 saturated carbocycles. The van der Waals surface area contributed by atoms with Crippen molar-refractivity contribution in [3.8, 4) is 5.75 Å². The van der Waals surface area contributed by atoms with Gasteiger partial charge in [0, 0.05) is 6.42 Å². The Morgan fingerprint density at radius 3 is 2.71 bits per heavy atom. The van der Waals surface area contributed by atoms with Crippen LogP contribution in [0.2, 0.25) is 0 Å². The lowest BCUT2D eigenvalue weighted by Crippen LogP contribution is -2.30. The summed E-state index contributed by atoms with van der Waals surface area (Å²) in [5.74, 6) is 1.87. The molecule has 108 valence electrons. The minimum Gasteiger partial charge on any atom is -0.495 e. The van der Waals surface area contributed by atoms with Crippen LogP contribution in [0.4, 0.5) is 5.69 Å². The van der Waals surface area contributed by atoms with Crippen LogP contribution in [-0.4, -0.2) is 19.6 Å². The number of nitrogens with one attached hydrogen (secondary N) is 1. The highest BCUT2D eigenvalue weighted by Crippen LogP contribution is 2.29. The number of anilines is 1. The minimum atomic E-state index is 0.668. The van der Waals surface area contributed by atoms with Gasteiger partial charge in [0.25, 0.3) is 0 Å². The molecule has 3 rings (SSSR count). The van der Waals surface area contributed by atoms with E-state index in [0.29, 0.717) is 6.67 Å². The molecule has 1 N–H and O–H groups in total. The predicted octanol–water partition coefficient (Wildman–Crippen LogP) is 2.93. The zero-order valence-corrected chi connectivity index (χ0v) is 12.3. The van der Waals surface area contributed by atoms with Gasteiger partial charge < -0.3 is 9.64 Å². The van der Waals surface area contributed by atoms with E-state index in [1.165, 1.54) is 11.1 Å². The average Bonchev–Trinajstić information content (AvgIpc) is 2.97. The first-order valence-corrected chi connectivity index (χ1v) is 7.04. The maximum absolute atomic E-state index is 5.46. The number of nitrogens with zero attached hydrogens (tertiary/aromatic N) is 2. The first kappa shape index (κ1) is 13.5. The highest BCUT2D eigenvalue weighted by Gasteiger charge is 2.22. The summed E-state index contributed by atoms with van der Waals surface area (Å²) in [6, 6.07) is 16.4. The second-order valence-electron chi connectivity index (χ2n) is 5.05. The van der Waals surface area contributed by atoms with Crippen molar-refractivity contribution in [1.29, 1.82) is 0 Å². The van der Waals surface area contributed by atoms with Crippen LogP contribution in [0.15, 0.2) is 53.6 Å². The maximum Gasteiger partial charge on any atom is 0.142 e. The van der Waals surface area contributed by atoms with Crippen LogP contribution in [0.25, 0.3) is 0 Å². The number of rotatable bonds is 4. The molecule has 0 bridgehead atoms. The fraction of sp³-hybridized carbons (Fsp3) is 0.235. The first-order valence-electron chi connectivity index (χ1n) is 7.04. The highest BCUT2D eigenvalue weighted by atomic mass is 16.5. The summed E-state index contributed by atoms with van der Waals surface area (Å²) >= 11 is 0. The summed E-state index contributed by atoms with van der Waals surface area (Å²) in [6.07, 6.45) is 0.803. The zero-order chi connectivity index (χ0) is 14.7. The SMILES string of the molecule is COc1ccccc1N1CNN=C1Cc1ccccc1C. The molecule has 0 atom stereocenters. The molecule has 0 saturated heterocycles. The van der Waals surface area contributed by atoms with E-state index in [-0.39, 0.29) is 0 Å². The molecule has 0 radical (unpaired) electrons. The van der Waals surface area contributed by atoms with E-state index in [0.717, 1.165) is 23.7 Å². The first-order chi connectivity index (χ1) is 10.3. The molecule has 0 aliphatic carbocycles. The van der Waals surface area contributed by atoms with Crippen LogP contribution in [0.3, 0.4) is 0 Å². The number of aryl methyl sites for hydroxylation is 1. The summed E-state index contributed by atoms with van der Waals surface area (Å²) in [6.45, 7) is 2.80. The van der Waals surface area contributed by atoms with Gasteiger partial charge in [-0.05, 0) is 30.2 Å². The van der Waals surface area contributed by atoms with Gasteiger partial charge in [0.05, 0.1) is 12.8 Å². The maximum atomic E-state index is 5.46. The van der Waals surface area contributed by atoms with Crippen LogP contribution in [0.5, 0.6) is 5.75 Å². The average molecular weight is 281 g/mol. The van der Waals surface area contributed by atoms with Crippen LogP contribution in [-0.2, 0) is 6.42 Å². The van der Waals surface area contributed by atoms with Gasteiger partial charge in [-0.3, -0.25) is 5.43 Å². The van der Waals surface area contributed by atoms with Crippen molar-refractivity contribution in [2.24, 2.45) is 5.10 Å². The van der Waals surface area contributed by atoms with Gasteiger partial charge in [-0.2, -0.15) is 5.10 Å². The molecule has 21 heavy (non-hydrogen) atoms. The lowest BCUT2D eigenvalue weighted by atomic mass is 10.0. The summed E-state index contributed by atoms with van der Waals surface area (Å²) < 4.78 is 5.46. The third-order valence-electron chi connectivity index (χ3n) is 3.73. The standard InChI is InChI=1S/C17H19N3O/c1-13-7-3-4-8-14(13)11-17-19-18-12-20(17)15-9-5-6-10-16(15)21-2/h3-10,18H,11-12H2,1-2H3. The van der Waals surface area contributed by atoms with E-state index >= 15 is 0 Å². The van der Waals surface area contributed by atoms with E-state index in [1.54, 1.807) is 7.11 Å². The Labute approximate surface area is 125 Å². The molecule has 0 aromatic heterocycles. The largest absolute Gasteiger partial charge is 0.495 e. The number of para-hydroxylation sites is 2. The zero-order valence-electron chi connectivity index (χ0n) is 12.3. The lowest BCUT2D eigenvalue weighted by Gasteiger charge is -2.22. The minimum absolute atomic E-state index is 0.668. The summed E-state index contributed by atoms with van der Waals surface area (Å²) in [5.41, 5.74) is 6.69. The van der Waals surface area contributed by atoms with Crippen LogP contribution >= 0.6 is 0 Å². The van der Waals surface area contributed by atoms with Crippen molar-refractivity contribution in [3.63, 3.8) is 0 Å². The molecule has 0 unspecified atom stereocenters. The van der Waals surface area contributed by atoms with E-state index in [9.17, 15) is 0 Å². The van der Waals surface area contributed by atoms with E-state index in [2.05, 4.69) is 52.7 Å². The van der Waals surface area contributed by atoms with E-state index in [1.807, 2.05) is 18.2 Å². The van der Waals surface area contributed by atoms with Crippen LogP contribution < -0.4 is 15.1 Å². The van der Waals surface area contributed by atoms with Gasteiger partial charge in [-0.25, -0.2) is 0 Å². The number of hydrogen-bond donors (Lipinski definition) is 1. The second-order valence-corrected chi connectivity index (χ2v) is 5.05. The Morgan fingerprint density at radius 1 is 1.14 bits per heavy atom. The highest BCUT2D eigenvalue weighted by molar-refractivity contribution is 6.01. The lowest BCUT2D eigenvalue weighted by molar-refractivity contribution is 0.415. The van der Waals surface area contributed by atoms with Crippen LogP contribution in [0, 0.1) is 6.92 Å². The van der Waals surface area contributed by atoms with Crippen molar-refractivity contribution in [3.05, 3.63) is 59.7 Å². The van der Waals surface area contributed by atoms with Crippen molar-refractivity contribution < 1.29 is 4.74 Å². The number of methoxy groups -OCH3 is 1. The second kappa shape index (κ2) is 5.87. The van der Waals surface area contributed by atoms with Crippen molar-refractivity contribution in [2.75, 3.05) is 18.7 Å². The molecular formula is C17H19N3O. The topological polar surface area (TPSA) is 36.9 Å². The van der Waals surface area contributed by atoms with Gasteiger partial charge >= 0.3 is 0 Å². The molecule has 1 heterocycles. The third-order valence-corrected chi connectivity index (χ3v) is 3.73. The van der Waals surface area contributed by atoms with Gasteiger partial charge in [-0.1, -0.05) is 36.4 Å². The Balaban J connectivity index is 1.88. The molecule has 2 aromatic carbocycles. The fourth-order valence-corrected chi connectivity index (χ4v) is 2.54. The predicted molar refractivity (Wildman–Crippen MR) is 85.8 cm³/mol. The molecule has 0 amide bonds. The normalized spacial score (nSPS) is 13.8. The molecule has 0 spiro atoms. The molecular weight excluding hydrogens is 262 g/mol. The van der Waals surface area contributed by atoms with Crippen molar-refractivity contribution in [2.45, 2.75) is 13.3 Å². The quantitative estimate of drug-likeness (QED) is 0.936. The number of ether oxygens (including phenoxy) is 1. The summed E-state index contributed by atoms with van der Waals surface area (Å²) in [4.78, 5) is 2.16. The number of amidine groups is 1. The van der Waals surface area contributed by atoms with Gasteiger partial charge in [0.15, 0.2) is 0 Å². The summed E-state index contributed by atoms with van der Waals surface area (Å²) in [7, 11) is 1.69. The monoisotopic (exact) mass is 281 g/mol. The number of hydrazone groups is 1. The van der Waals surface area contributed by atoms with Gasteiger partial charge in [0.2, 0.25) is 0 Å². The van der Waals surface area contributed by atoms with Crippen molar-refractivity contribution in [1.82, 2.24) is 5.43 Å². The molecule has 0 fully saturated rings. The fourth-order valence-electron chi connectivity index (χ4n) is 2.54. The molecule has 4 heteroatoms. The van der Waals surface area contributed by atoms with Gasteiger partial charge in [-0.15, -0.1) is 0 Å². The summed E-state index contributed by atoms with van der Waals surface area (Å²) in [5, 5.41) is 4.44. The Morgan fingerprint density at radius 2 is 1.90 bits per heavy atom. The molecule has 2 aromatic rings. The molecule has 1 aliphatic heterocycles. The Hall–Kier alpha value is -2.49. The third kappa shape index (κ3) is 2.70. The Kier molecular flexibility index (Phi) is 3.77. The molecule has 1 aliphatic rings. The smallest absolute Gasteiger partial charge is 0.142 e. The van der Waals surface area contributed by atoms with E-state index in [4.69, 9.17) is 4.74 Å². The molecule has 4 nitrogen and oxygen atoms in total. The van der Waals surface area contributed by atoms with Gasteiger partial charge in [0.1, 0.15) is 18.3 Å². The number of hydrogen-bond acceptors (Lipinski definition) is 4.